The number of hydrogen-bond donors (Lipinski definition) is 3. The van der Waals surface area contributed by atoms with Gasteiger partial charge in [0.1, 0.15) is 11.4 Å². The molecule has 2 aliphatic heterocycles. The van der Waals surface area contributed by atoms with Crippen LogP contribution in [-0.4, -0.2) is 43.4 Å². The number of H-pyrrole nitrogens is 1. The van der Waals surface area contributed by atoms with E-state index in [0.29, 0.717) is 29.0 Å². The van der Waals surface area contributed by atoms with Gasteiger partial charge in [0, 0.05) is 35.3 Å². The molecule has 3 aromatic rings. The van der Waals surface area contributed by atoms with Crippen molar-refractivity contribution in [3.63, 3.8) is 0 Å². The number of aromatic hydroxyl groups is 1. The Labute approximate surface area is 162 Å². The van der Waals surface area contributed by atoms with Crippen LogP contribution in [0, 0.1) is 5.92 Å². The Kier molecular flexibility index (Phi) is 4.16. The summed E-state index contributed by atoms with van der Waals surface area (Å²) >= 11 is 0. The number of phenolic OH excluding ortho intramolecular Hbond substituents is 1. The summed E-state index contributed by atoms with van der Waals surface area (Å²) in [5.41, 5.74) is 3.28. The van der Waals surface area contributed by atoms with Gasteiger partial charge in [-0.05, 0) is 55.5 Å². The van der Waals surface area contributed by atoms with Crippen LogP contribution >= 0.6 is 0 Å². The van der Waals surface area contributed by atoms with Gasteiger partial charge in [-0.15, -0.1) is 10.2 Å². The van der Waals surface area contributed by atoms with Crippen molar-refractivity contribution in [2.75, 3.05) is 0 Å². The Hall–Kier alpha value is -3.06. The fourth-order valence-electron chi connectivity index (χ4n) is 4.42. The van der Waals surface area contributed by atoms with Crippen molar-refractivity contribution < 1.29 is 9.90 Å². The molecule has 0 saturated carbocycles. The normalized spacial score (nSPS) is 23.6. The van der Waals surface area contributed by atoms with E-state index in [4.69, 9.17) is 0 Å². The lowest BCUT2D eigenvalue weighted by Gasteiger charge is -2.27. The minimum atomic E-state index is 0.0292. The number of carbonyl (C=O) groups excluding carboxylic acids is 1. The van der Waals surface area contributed by atoms with E-state index in [-0.39, 0.29) is 17.5 Å². The van der Waals surface area contributed by atoms with Crippen LogP contribution in [0.25, 0.3) is 22.4 Å². The highest BCUT2D eigenvalue weighted by Gasteiger charge is 2.37. The zero-order valence-electron chi connectivity index (χ0n) is 15.3. The molecular weight excluding hydrogens is 354 g/mol. The predicted molar refractivity (Wildman–Crippen MR) is 104 cm³/mol. The highest BCUT2D eigenvalue weighted by atomic mass is 16.3. The van der Waals surface area contributed by atoms with Gasteiger partial charge in [-0.3, -0.25) is 9.89 Å². The van der Waals surface area contributed by atoms with Crippen molar-refractivity contribution >= 4 is 5.78 Å². The van der Waals surface area contributed by atoms with Crippen LogP contribution in [0.4, 0.5) is 0 Å². The van der Waals surface area contributed by atoms with Crippen LogP contribution in [0.1, 0.15) is 36.2 Å². The molecule has 2 fully saturated rings. The Morgan fingerprint density at radius 2 is 1.86 bits per heavy atom. The van der Waals surface area contributed by atoms with Gasteiger partial charge in [-0.25, -0.2) is 0 Å². The maximum Gasteiger partial charge on any atom is 0.186 e. The maximum absolute atomic E-state index is 12.8. The van der Waals surface area contributed by atoms with E-state index in [1.807, 2.05) is 6.07 Å². The molecule has 0 amide bonds. The number of nitrogens with one attached hydrogen (secondary N) is 2. The van der Waals surface area contributed by atoms with Crippen molar-refractivity contribution in [1.82, 2.24) is 25.7 Å². The first kappa shape index (κ1) is 17.1. The molecule has 3 atom stereocenters. The molecular formula is C21H21N5O2. The SMILES string of the molecule is O=C(c1ccc(-c2ccc(-c3cn[nH]c3)cc2O)nn1)[C@H]1C[C@H]2CC[C@@H](C1)N2. The van der Waals surface area contributed by atoms with Crippen molar-refractivity contribution in [3.05, 3.63) is 48.4 Å². The van der Waals surface area contributed by atoms with Gasteiger partial charge in [0.2, 0.25) is 0 Å². The zero-order valence-corrected chi connectivity index (χ0v) is 15.3. The smallest absolute Gasteiger partial charge is 0.186 e. The number of benzene rings is 1. The Bertz CT molecular complexity index is 988. The van der Waals surface area contributed by atoms with Crippen LogP contribution in [0.2, 0.25) is 0 Å². The average molecular weight is 375 g/mol. The Morgan fingerprint density at radius 3 is 2.50 bits per heavy atom. The van der Waals surface area contributed by atoms with Crippen molar-refractivity contribution in [2.45, 2.75) is 37.8 Å². The lowest BCUT2D eigenvalue weighted by Crippen LogP contribution is -2.40. The molecule has 2 saturated heterocycles. The summed E-state index contributed by atoms with van der Waals surface area (Å²) in [7, 11) is 0. The second kappa shape index (κ2) is 6.83. The van der Waals surface area contributed by atoms with Crippen LogP contribution in [-0.2, 0) is 0 Å². The quantitative estimate of drug-likeness (QED) is 0.606. The van der Waals surface area contributed by atoms with Gasteiger partial charge in [-0.2, -0.15) is 5.10 Å². The number of phenols is 1. The number of piperidine rings is 1. The Morgan fingerprint density at radius 1 is 1.04 bits per heavy atom. The Balaban J connectivity index is 1.36. The molecule has 7 heteroatoms. The second-order valence-electron chi connectivity index (χ2n) is 7.69. The molecule has 2 aromatic heterocycles. The van der Waals surface area contributed by atoms with Crippen molar-refractivity contribution in [2.24, 2.45) is 5.92 Å². The first-order chi connectivity index (χ1) is 13.7. The number of fused-ring (bicyclic) bond motifs is 2. The molecule has 3 N–H and O–H groups in total. The fraction of sp³-hybridized carbons (Fsp3) is 0.333. The third-order valence-corrected chi connectivity index (χ3v) is 5.87. The molecule has 0 unspecified atom stereocenters. The topological polar surface area (TPSA) is 104 Å². The van der Waals surface area contributed by atoms with Crippen LogP contribution in [0.3, 0.4) is 0 Å². The number of hydrogen-bond acceptors (Lipinski definition) is 6. The highest BCUT2D eigenvalue weighted by Crippen LogP contribution is 2.34. The number of carbonyl (C=O) groups is 1. The summed E-state index contributed by atoms with van der Waals surface area (Å²) in [6.45, 7) is 0. The molecule has 0 radical (unpaired) electrons. The van der Waals surface area contributed by atoms with E-state index in [1.165, 1.54) is 0 Å². The highest BCUT2D eigenvalue weighted by molar-refractivity contribution is 5.96. The van der Waals surface area contributed by atoms with E-state index >= 15 is 0 Å². The molecule has 0 aliphatic carbocycles. The van der Waals surface area contributed by atoms with E-state index in [1.54, 1.807) is 36.7 Å². The number of rotatable bonds is 4. The average Bonchev–Trinajstić information content (AvgIpc) is 3.37. The maximum atomic E-state index is 12.8. The van der Waals surface area contributed by atoms with Gasteiger partial charge in [0.25, 0.3) is 0 Å². The zero-order chi connectivity index (χ0) is 19.1. The van der Waals surface area contributed by atoms with E-state index in [0.717, 1.165) is 36.8 Å². The third-order valence-electron chi connectivity index (χ3n) is 5.87. The number of aromatic amines is 1. The number of aromatic nitrogens is 4. The van der Waals surface area contributed by atoms with Crippen molar-refractivity contribution in [3.8, 4) is 28.1 Å². The molecule has 7 nitrogen and oxygen atoms in total. The standard InChI is InChI=1S/C21H21N5O2/c27-20-9-12(14-10-22-23-11-14)1-4-17(20)18-5-6-19(26-25-18)21(28)13-7-15-2-3-16(8-13)24-15/h1,4-6,9-11,13,15-16,24,27H,2-3,7-8H2,(H,22,23)/t13-,15+,16-. The van der Waals surface area contributed by atoms with Gasteiger partial charge < -0.3 is 10.4 Å². The lowest BCUT2D eigenvalue weighted by molar-refractivity contribution is 0.0869. The molecule has 2 aliphatic rings. The summed E-state index contributed by atoms with van der Waals surface area (Å²) < 4.78 is 0. The van der Waals surface area contributed by atoms with E-state index < -0.39 is 0 Å². The molecule has 142 valence electrons. The van der Waals surface area contributed by atoms with Gasteiger partial charge >= 0.3 is 0 Å². The largest absolute Gasteiger partial charge is 0.507 e. The van der Waals surface area contributed by atoms with Crippen LogP contribution in [0.5, 0.6) is 5.75 Å². The molecule has 28 heavy (non-hydrogen) atoms. The summed E-state index contributed by atoms with van der Waals surface area (Å²) in [4.78, 5) is 12.8. The number of nitrogens with zero attached hydrogens (tertiary/aromatic N) is 3. The van der Waals surface area contributed by atoms with Crippen molar-refractivity contribution in [1.29, 1.82) is 0 Å². The molecule has 0 spiro atoms. The summed E-state index contributed by atoms with van der Waals surface area (Å²) in [5, 5.41) is 29.0. The number of Topliss-reactive ketones (excluding diaryl/α,β-unsaturated/α-hetero) is 1. The summed E-state index contributed by atoms with van der Waals surface area (Å²) in [5.74, 6) is 0.223. The fourth-order valence-corrected chi connectivity index (χ4v) is 4.42. The van der Waals surface area contributed by atoms with Gasteiger partial charge in [0.05, 0.1) is 11.9 Å². The molecule has 1 aromatic carbocycles. The first-order valence-corrected chi connectivity index (χ1v) is 9.64. The predicted octanol–water partition coefficient (Wildman–Crippen LogP) is 2.95. The van der Waals surface area contributed by atoms with Gasteiger partial charge in [-0.1, -0.05) is 6.07 Å². The van der Waals surface area contributed by atoms with E-state index in [2.05, 4.69) is 25.7 Å². The van der Waals surface area contributed by atoms with Gasteiger partial charge in [0.15, 0.2) is 5.78 Å². The monoisotopic (exact) mass is 375 g/mol. The third kappa shape index (κ3) is 3.07. The molecule has 2 bridgehead atoms. The summed E-state index contributed by atoms with van der Waals surface area (Å²) in [6.07, 6.45) is 7.55. The minimum Gasteiger partial charge on any atom is -0.507 e. The van der Waals surface area contributed by atoms with E-state index in [9.17, 15) is 9.90 Å². The van der Waals surface area contributed by atoms with Crippen LogP contribution < -0.4 is 5.32 Å². The second-order valence-corrected chi connectivity index (χ2v) is 7.69. The minimum absolute atomic E-state index is 0.0292. The number of ketones is 1. The molecule has 5 rings (SSSR count). The summed E-state index contributed by atoms with van der Waals surface area (Å²) in [6, 6.07) is 9.77. The first-order valence-electron chi connectivity index (χ1n) is 9.64. The lowest BCUT2D eigenvalue weighted by atomic mass is 9.87. The van der Waals surface area contributed by atoms with Crippen LogP contribution in [0.15, 0.2) is 42.7 Å². The molecule has 4 heterocycles.